The fraction of sp³-hybridized carbons (Fsp3) is 0.368. The molecule has 2 amide bonds. The molecule has 0 atom stereocenters. The maximum absolute atomic E-state index is 12.3. The lowest BCUT2D eigenvalue weighted by Gasteiger charge is -2.32. The molecular formula is C19H24Cl2N4O2. The Balaban J connectivity index is 1.69. The maximum atomic E-state index is 12.3. The van der Waals surface area contributed by atoms with Crippen LogP contribution in [0.3, 0.4) is 0 Å². The van der Waals surface area contributed by atoms with Crippen molar-refractivity contribution in [1.29, 1.82) is 0 Å². The van der Waals surface area contributed by atoms with Gasteiger partial charge in [0.25, 0.3) is 0 Å². The Kier molecular flexibility index (Phi) is 8.48. The van der Waals surface area contributed by atoms with Crippen LogP contribution in [0.25, 0.3) is 0 Å². The molecule has 1 aromatic carbocycles. The van der Waals surface area contributed by atoms with Crippen molar-refractivity contribution in [1.82, 2.24) is 10.2 Å². The van der Waals surface area contributed by atoms with Crippen molar-refractivity contribution < 1.29 is 9.53 Å². The van der Waals surface area contributed by atoms with Crippen LogP contribution in [0, 0.1) is 0 Å². The number of nitrogens with zero attached hydrogens (tertiary/aromatic N) is 2. The summed E-state index contributed by atoms with van der Waals surface area (Å²) >= 11 is 12.0. The molecule has 1 fully saturated rings. The van der Waals surface area contributed by atoms with Crippen molar-refractivity contribution in [3.05, 3.63) is 58.5 Å². The van der Waals surface area contributed by atoms with E-state index >= 15 is 0 Å². The van der Waals surface area contributed by atoms with Crippen molar-refractivity contribution >= 4 is 35.4 Å². The van der Waals surface area contributed by atoms with Crippen LogP contribution in [0.5, 0.6) is 0 Å². The van der Waals surface area contributed by atoms with Gasteiger partial charge in [0.05, 0.1) is 0 Å². The van der Waals surface area contributed by atoms with Crippen molar-refractivity contribution in [3.8, 4) is 0 Å². The van der Waals surface area contributed by atoms with Crippen molar-refractivity contribution in [2.24, 2.45) is 10.7 Å². The number of halogens is 2. The van der Waals surface area contributed by atoms with Crippen LogP contribution in [-0.2, 0) is 11.2 Å². The Bertz CT molecular complexity index is 714. The van der Waals surface area contributed by atoms with E-state index in [1.165, 1.54) is 12.4 Å². The first-order chi connectivity index (χ1) is 13.0. The number of urea groups is 1. The Hall–Kier alpha value is -2.18. The number of carbonyl (C=O) groups excluding carboxylic acids is 1. The molecule has 0 aliphatic carbocycles. The Morgan fingerprint density at radius 1 is 1.41 bits per heavy atom. The summed E-state index contributed by atoms with van der Waals surface area (Å²) in [6.45, 7) is 5.51. The predicted octanol–water partition coefficient (Wildman–Crippen LogP) is 3.74. The minimum absolute atomic E-state index is 0.00781. The van der Waals surface area contributed by atoms with Gasteiger partial charge in [0.2, 0.25) is 5.88 Å². The van der Waals surface area contributed by atoms with E-state index in [4.69, 9.17) is 33.7 Å². The van der Waals surface area contributed by atoms with E-state index < -0.39 is 0 Å². The zero-order valence-electron chi connectivity index (χ0n) is 15.0. The molecule has 1 aliphatic heterocycles. The third-order valence-electron chi connectivity index (χ3n) is 4.13. The molecule has 0 aromatic heterocycles. The molecule has 0 spiro atoms. The summed E-state index contributed by atoms with van der Waals surface area (Å²) in [4.78, 5) is 18.1. The summed E-state index contributed by atoms with van der Waals surface area (Å²) in [5.41, 5.74) is 6.18. The number of aliphatic imine (C=N–C) groups is 1. The second-order valence-electron chi connectivity index (χ2n) is 6.08. The van der Waals surface area contributed by atoms with E-state index in [2.05, 4.69) is 16.9 Å². The van der Waals surface area contributed by atoms with Crippen LogP contribution < -0.4 is 11.1 Å². The summed E-state index contributed by atoms with van der Waals surface area (Å²) in [5, 5.41) is 4.14. The third-order valence-corrected chi connectivity index (χ3v) is 4.72. The Labute approximate surface area is 169 Å². The number of hydrogen-bond acceptors (Lipinski definition) is 4. The van der Waals surface area contributed by atoms with Gasteiger partial charge in [-0.1, -0.05) is 29.3 Å². The van der Waals surface area contributed by atoms with E-state index in [9.17, 15) is 4.79 Å². The highest BCUT2D eigenvalue weighted by Gasteiger charge is 2.23. The molecule has 0 saturated carbocycles. The standard InChI is InChI=1S/C19H24Cl2N4O2/c1-14(23-9-2-8-22)27-17-6-11-25(12-7-17)19(26)24-10-5-15-3-4-16(20)13-18(15)21/h2-4,8-9,13,17H,1,5-7,10-12,22H2,(H,24,26)/b8-2-,23-9-. The molecule has 1 heterocycles. The molecule has 0 radical (unpaired) electrons. The fourth-order valence-corrected chi connectivity index (χ4v) is 3.22. The van der Waals surface area contributed by atoms with Crippen molar-refractivity contribution in [2.45, 2.75) is 25.4 Å². The van der Waals surface area contributed by atoms with Crippen LogP contribution in [0.15, 0.2) is 47.9 Å². The number of amides is 2. The first-order valence-electron chi connectivity index (χ1n) is 8.72. The van der Waals surface area contributed by atoms with Crippen molar-refractivity contribution in [3.63, 3.8) is 0 Å². The number of carbonyl (C=O) groups is 1. The van der Waals surface area contributed by atoms with Gasteiger partial charge in [-0.2, -0.15) is 0 Å². The summed E-state index contributed by atoms with van der Waals surface area (Å²) in [5.74, 6) is 0.343. The summed E-state index contributed by atoms with van der Waals surface area (Å²) < 4.78 is 5.68. The molecule has 1 aromatic rings. The SMILES string of the molecule is C=C(/N=C\C=C/N)OC1CCN(C(=O)NCCc2ccc(Cl)cc2Cl)CC1. The number of allylic oxidation sites excluding steroid dienone is 1. The molecule has 3 N–H and O–H groups in total. The second kappa shape index (κ2) is 10.8. The van der Waals surface area contributed by atoms with E-state index in [-0.39, 0.29) is 12.1 Å². The van der Waals surface area contributed by atoms with Gasteiger partial charge < -0.3 is 20.7 Å². The number of rotatable bonds is 7. The van der Waals surface area contributed by atoms with Gasteiger partial charge >= 0.3 is 6.03 Å². The quantitative estimate of drug-likeness (QED) is 0.530. The summed E-state index contributed by atoms with van der Waals surface area (Å²) in [6, 6.07) is 5.29. The Morgan fingerprint density at radius 2 is 2.15 bits per heavy atom. The number of nitrogens with two attached hydrogens (primary N) is 1. The van der Waals surface area contributed by atoms with Gasteiger partial charge in [-0.25, -0.2) is 9.79 Å². The smallest absolute Gasteiger partial charge is 0.317 e. The molecular weight excluding hydrogens is 387 g/mol. The average molecular weight is 411 g/mol. The van der Waals surface area contributed by atoms with Gasteiger partial charge in [0.15, 0.2) is 0 Å². The zero-order chi connectivity index (χ0) is 19.6. The lowest BCUT2D eigenvalue weighted by atomic mass is 10.1. The molecule has 0 bridgehead atoms. The minimum atomic E-state index is -0.0801. The zero-order valence-corrected chi connectivity index (χ0v) is 16.5. The highest BCUT2D eigenvalue weighted by Crippen LogP contribution is 2.21. The van der Waals surface area contributed by atoms with Gasteiger partial charge in [-0.3, -0.25) is 0 Å². The van der Waals surface area contributed by atoms with Gasteiger partial charge in [0, 0.05) is 48.7 Å². The maximum Gasteiger partial charge on any atom is 0.317 e. The molecule has 6 nitrogen and oxygen atoms in total. The fourth-order valence-electron chi connectivity index (χ4n) is 2.72. The molecule has 1 aliphatic rings. The highest BCUT2D eigenvalue weighted by molar-refractivity contribution is 6.35. The van der Waals surface area contributed by atoms with Crippen LogP contribution in [0.2, 0.25) is 10.0 Å². The predicted molar refractivity (Wildman–Crippen MR) is 110 cm³/mol. The van der Waals surface area contributed by atoms with Crippen LogP contribution >= 0.6 is 23.2 Å². The van der Waals surface area contributed by atoms with E-state index in [1.807, 2.05) is 6.07 Å². The largest absolute Gasteiger partial charge is 0.475 e. The average Bonchev–Trinajstić information content (AvgIpc) is 2.64. The summed E-state index contributed by atoms with van der Waals surface area (Å²) in [7, 11) is 0. The van der Waals surface area contributed by atoms with Crippen LogP contribution in [-0.4, -0.2) is 42.9 Å². The lowest BCUT2D eigenvalue weighted by molar-refractivity contribution is 0.0599. The molecule has 0 unspecified atom stereocenters. The van der Waals surface area contributed by atoms with Gasteiger partial charge in [-0.15, -0.1) is 0 Å². The topological polar surface area (TPSA) is 80.0 Å². The molecule has 2 rings (SSSR count). The minimum Gasteiger partial charge on any atom is -0.475 e. The van der Waals surface area contributed by atoms with E-state index in [1.54, 1.807) is 23.1 Å². The number of benzene rings is 1. The van der Waals surface area contributed by atoms with Crippen LogP contribution in [0.4, 0.5) is 4.79 Å². The van der Waals surface area contributed by atoms with Crippen molar-refractivity contribution in [2.75, 3.05) is 19.6 Å². The number of hydrogen-bond donors (Lipinski definition) is 2. The first kappa shape index (κ1) is 21.1. The lowest BCUT2D eigenvalue weighted by Crippen LogP contribution is -2.46. The van der Waals surface area contributed by atoms with Crippen LogP contribution in [0.1, 0.15) is 18.4 Å². The van der Waals surface area contributed by atoms with E-state index in [0.29, 0.717) is 42.0 Å². The second-order valence-corrected chi connectivity index (χ2v) is 6.92. The number of nitrogens with one attached hydrogen (secondary N) is 1. The summed E-state index contributed by atoms with van der Waals surface area (Å²) in [6.07, 6.45) is 6.63. The Morgan fingerprint density at radius 3 is 2.81 bits per heavy atom. The number of likely N-dealkylation sites (tertiary alicyclic amines) is 1. The molecule has 1 saturated heterocycles. The van der Waals surface area contributed by atoms with Gasteiger partial charge in [-0.05, 0) is 43.0 Å². The molecule has 146 valence electrons. The van der Waals surface area contributed by atoms with E-state index in [0.717, 1.165) is 18.4 Å². The van der Waals surface area contributed by atoms with Gasteiger partial charge in [0.1, 0.15) is 6.10 Å². The number of piperidine rings is 1. The molecule has 8 heteroatoms. The molecule has 27 heavy (non-hydrogen) atoms. The first-order valence-corrected chi connectivity index (χ1v) is 9.48. The normalized spacial score (nSPS) is 15.4. The third kappa shape index (κ3) is 7.15. The number of ether oxygens (including phenoxy) is 1. The highest BCUT2D eigenvalue weighted by atomic mass is 35.5. The monoisotopic (exact) mass is 410 g/mol.